The molecular formula is C12H13N3O4. The molecule has 0 aliphatic rings. The van der Waals surface area contributed by atoms with Crippen LogP contribution in [0.4, 0.5) is 5.82 Å². The predicted octanol–water partition coefficient (Wildman–Crippen LogP) is -0.521. The monoisotopic (exact) mass is 263 g/mol. The van der Waals surface area contributed by atoms with Crippen LogP contribution in [-0.2, 0) is 9.59 Å². The van der Waals surface area contributed by atoms with Gasteiger partial charge < -0.3 is 15.2 Å². The van der Waals surface area contributed by atoms with Crippen LogP contribution >= 0.6 is 0 Å². The van der Waals surface area contributed by atoms with Crippen LogP contribution in [-0.4, -0.2) is 41.5 Å². The standard InChI is InChI=1S/C12H13N3O4/c1-2-10(18)15(6-7-16)11-9(4-3-5-13-11)12(19)14-8-17/h2-5,7,17H,1,6,8H2,(H,14,19). The summed E-state index contributed by atoms with van der Waals surface area (Å²) in [5.74, 6) is -1.12. The number of pyridine rings is 1. The van der Waals surface area contributed by atoms with E-state index in [1.54, 1.807) is 0 Å². The lowest BCUT2D eigenvalue weighted by molar-refractivity contribution is -0.116. The molecule has 0 radical (unpaired) electrons. The van der Waals surface area contributed by atoms with Gasteiger partial charge in [0.25, 0.3) is 11.8 Å². The molecule has 1 rings (SSSR count). The minimum atomic E-state index is -0.599. The second kappa shape index (κ2) is 7.02. The minimum absolute atomic E-state index is 0.0328. The molecule has 1 heterocycles. The average Bonchev–Trinajstić information content (AvgIpc) is 2.44. The zero-order valence-corrected chi connectivity index (χ0v) is 10.1. The Balaban J connectivity index is 3.22. The Morgan fingerprint density at radius 2 is 2.26 bits per heavy atom. The average molecular weight is 263 g/mol. The highest BCUT2D eigenvalue weighted by Gasteiger charge is 2.20. The minimum Gasteiger partial charge on any atom is -0.376 e. The van der Waals surface area contributed by atoms with Crippen molar-refractivity contribution in [3.05, 3.63) is 36.5 Å². The van der Waals surface area contributed by atoms with Gasteiger partial charge in [-0.15, -0.1) is 0 Å². The van der Waals surface area contributed by atoms with Crippen molar-refractivity contribution in [2.24, 2.45) is 0 Å². The van der Waals surface area contributed by atoms with Gasteiger partial charge >= 0.3 is 0 Å². The second-order valence-corrected chi connectivity index (χ2v) is 3.36. The molecule has 0 saturated heterocycles. The Bertz CT molecular complexity index is 502. The number of amides is 2. The molecule has 7 nitrogen and oxygen atoms in total. The molecule has 0 saturated carbocycles. The number of rotatable bonds is 6. The van der Waals surface area contributed by atoms with Gasteiger partial charge in [0.05, 0.1) is 12.1 Å². The number of aliphatic hydroxyl groups excluding tert-OH is 1. The van der Waals surface area contributed by atoms with E-state index in [1.807, 2.05) is 0 Å². The number of aromatic nitrogens is 1. The molecule has 0 fully saturated rings. The van der Waals surface area contributed by atoms with Crippen LogP contribution in [0.5, 0.6) is 0 Å². The summed E-state index contributed by atoms with van der Waals surface area (Å²) < 4.78 is 0. The van der Waals surface area contributed by atoms with Crippen LogP contribution in [0.3, 0.4) is 0 Å². The molecule has 0 atom stereocenters. The third kappa shape index (κ3) is 3.46. The third-order valence-electron chi connectivity index (χ3n) is 2.22. The van der Waals surface area contributed by atoms with E-state index < -0.39 is 18.5 Å². The highest BCUT2D eigenvalue weighted by Crippen LogP contribution is 2.17. The van der Waals surface area contributed by atoms with E-state index in [-0.39, 0.29) is 17.9 Å². The zero-order chi connectivity index (χ0) is 14.3. The summed E-state index contributed by atoms with van der Waals surface area (Å²) in [5, 5.41) is 10.9. The fourth-order valence-electron chi connectivity index (χ4n) is 1.42. The van der Waals surface area contributed by atoms with Crippen molar-refractivity contribution in [1.29, 1.82) is 0 Å². The summed E-state index contributed by atoms with van der Waals surface area (Å²) in [5.41, 5.74) is 0.0774. The maximum absolute atomic E-state index is 11.7. The smallest absolute Gasteiger partial charge is 0.256 e. The van der Waals surface area contributed by atoms with Gasteiger partial charge in [0.2, 0.25) is 0 Å². The summed E-state index contributed by atoms with van der Waals surface area (Å²) in [6, 6.07) is 2.94. The lowest BCUT2D eigenvalue weighted by Crippen LogP contribution is -2.35. The molecule has 1 aromatic heterocycles. The number of carbonyl (C=O) groups is 3. The second-order valence-electron chi connectivity index (χ2n) is 3.36. The Hall–Kier alpha value is -2.54. The van der Waals surface area contributed by atoms with Crippen molar-refractivity contribution >= 4 is 23.9 Å². The van der Waals surface area contributed by atoms with Crippen molar-refractivity contribution in [2.75, 3.05) is 18.2 Å². The topological polar surface area (TPSA) is 99.6 Å². The number of carbonyl (C=O) groups excluding carboxylic acids is 3. The van der Waals surface area contributed by atoms with Gasteiger partial charge in [-0.3, -0.25) is 14.5 Å². The summed E-state index contributed by atoms with van der Waals surface area (Å²) >= 11 is 0. The molecule has 7 heteroatoms. The number of anilines is 1. The van der Waals surface area contributed by atoms with Crippen molar-refractivity contribution in [3.8, 4) is 0 Å². The normalized spacial score (nSPS) is 9.53. The molecule has 0 bridgehead atoms. The van der Waals surface area contributed by atoms with Crippen molar-refractivity contribution in [3.63, 3.8) is 0 Å². The van der Waals surface area contributed by atoms with Gasteiger partial charge in [0.1, 0.15) is 18.8 Å². The van der Waals surface area contributed by atoms with Crippen molar-refractivity contribution in [2.45, 2.75) is 0 Å². The van der Waals surface area contributed by atoms with Crippen LogP contribution in [0.2, 0.25) is 0 Å². The number of hydrogen-bond acceptors (Lipinski definition) is 5. The van der Waals surface area contributed by atoms with E-state index in [2.05, 4.69) is 16.9 Å². The van der Waals surface area contributed by atoms with Gasteiger partial charge in [-0.2, -0.15) is 0 Å². The van der Waals surface area contributed by atoms with E-state index >= 15 is 0 Å². The van der Waals surface area contributed by atoms with Crippen LogP contribution in [0, 0.1) is 0 Å². The SMILES string of the molecule is C=CC(=O)N(CC=O)c1ncccc1C(=O)NCO. The summed E-state index contributed by atoms with van der Waals surface area (Å²) in [4.78, 5) is 39.0. The maximum atomic E-state index is 11.7. The lowest BCUT2D eigenvalue weighted by atomic mass is 10.2. The van der Waals surface area contributed by atoms with E-state index in [0.29, 0.717) is 6.29 Å². The van der Waals surface area contributed by atoms with Crippen molar-refractivity contribution < 1.29 is 19.5 Å². The molecule has 0 aromatic carbocycles. The molecule has 2 amide bonds. The van der Waals surface area contributed by atoms with Gasteiger partial charge in [0.15, 0.2) is 0 Å². The fraction of sp³-hybridized carbons (Fsp3) is 0.167. The molecule has 0 spiro atoms. The van der Waals surface area contributed by atoms with E-state index in [0.717, 1.165) is 11.0 Å². The maximum Gasteiger partial charge on any atom is 0.256 e. The van der Waals surface area contributed by atoms with Crippen molar-refractivity contribution in [1.82, 2.24) is 10.3 Å². The van der Waals surface area contributed by atoms with E-state index in [9.17, 15) is 14.4 Å². The Kier molecular flexibility index (Phi) is 5.36. The molecule has 0 unspecified atom stereocenters. The predicted molar refractivity (Wildman–Crippen MR) is 67.4 cm³/mol. The Morgan fingerprint density at radius 3 is 2.84 bits per heavy atom. The number of hydrogen-bond donors (Lipinski definition) is 2. The van der Waals surface area contributed by atoms with Crippen LogP contribution < -0.4 is 10.2 Å². The molecule has 2 N–H and O–H groups in total. The number of aliphatic hydroxyl groups is 1. The molecule has 0 aliphatic carbocycles. The quantitative estimate of drug-likeness (QED) is 0.408. The number of aldehydes is 1. The molecule has 0 aliphatic heterocycles. The van der Waals surface area contributed by atoms with Gasteiger partial charge in [-0.1, -0.05) is 6.58 Å². The number of nitrogens with one attached hydrogen (secondary N) is 1. The molecule has 1 aromatic rings. The Morgan fingerprint density at radius 1 is 1.53 bits per heavy atom. The first-order valence-corrected chi connectivity index (χ1v) is 5.37. The first-order chi connectivity index (χ1) is 9.15. The van der Waals surface area contributed by atoms with Gasteiger partial charge in [-0.05, 0) is 18.2 Å². The highest BCUT2D eigenvalue weighted by molar-refractivity contribution is 6.07. The first kappa shape index (κ1) is 14.5. The summed E-state index contributed by atoms with van der Waals surface area (Å²) in [7, 11) is 0. The first-order valence-electron chi connectivity index (χ1n) is 5.37. The van der Waals surface area contributed by atoms with E-state index in [4.69, 9.17) is 5.11 Å². The number of nitrogens with zero attached hydrogens (tertiary/aromatic N) is 2. The fourth-order valence-corrected chi connectivity index (χ4v) is 1.42. The largest absolute Gasteiger partial charge is 0.376 e. The lowest BCUT2D eigenvalue weighted by Gasteiger charge is -2.19. The summed E-state index contributed by atoms with van der Waals surface area (Å²) in [6.07, 6.45) is 2.93. The highest BCUT2D eigenvalue weighted by atomic mass is 16.3. The van der Waals surface area contributed by atoms with Gasteiger partial charge in [0, 0.05) is 6.20 Å². The van der Waals surface area contributed by atoms with Gasteiger partial charge in [-0.25, -0.2) is 4.98 Å². The third-order valence-corrected chi connectivity index (χ3v) is 2.22. The molecule has 19 heavy (non-hydrogen) atoms. The Labute approximate surface area is 109 Å². The molecular weight excluding hydrogens is 250 g/mol. The van der Waals surface area contributed by atoms with Crippen LogP contribution in [0.25, 0.3) is 0 Å². The summed E-state index contributed by atoms with van der Waals surface area (Å²) in [6.45, 7) is 2.53. The molecule has 100 valence electrons. The zero-order valence-electron chi connectivity index (χ0n) is 10.1. The van der Waals surface area contributed by atoms with E-state index in [1.165, 1.54) is 18.3 Å². The van der Waals surface area contributed by atoms with Crippen LogP contribution in [0.15, 0.2) is 31.0 Å². The van der Waals surface area contributed by atoms with Crippen LogP contribution in [0.1, 0.15) is 10.4 Å².